The Morgan fingerprint density at radius 2 is 2.15 bits per heavy atom. The van der Waals surface area contributed by atoms with E-state index in [2.05, 4.69) is 41.2 Å². The Kier molecular flexibility index (Phi) is 8.18. The number of pyridine rings is 1. The summed E-state index contributed by atoms with van der Waals surface area (Å²) in [6.45, 7) is 7.30. The molecule has 114 valence electrons. The first-order valence-electron chi connectivity index (χ1n) is 7.30. The van der Waals surface area contributed by atoms with Gasteiger partial charge in [0.2, 0.25) is 0 Å². The summed E-state index contributed by atoms with van der Waals surface area (Å²) in [6.07, 6.45) is 2.89. The highest BCUT2D eigenvalue weighted by Gasteiger charge is 2.11. The summed E-state index contributed by atoms with van der Waals surface area (Å²) in [5.41, 5.74) is 2.08. The van der Waals surface area contributed by atoms with E-state index in [1.807, 2.05) is 6.20 Å². The monoisotopic (exact) mass is 281 g/mol. The van der Waals surface area contributed by atoms with Crippen molar-refractivity contribution in [3.8, 4) is 0 Å². The van der Waals surface area contributed by atoms with E-state index < -0.39 is 0 Å². The lowest BCUT2D eigenvalue weighted by Crippen LogP contribution is -2.30. The van der Waals surface area contributed by atoms with Gasteiger partial charge in [0.15, 0.2) is 0 Å². The average molecular weight is 281 g/mol. The number of methoxy groups -OCH3 is 1. The molecule has 1 aromatic heterocycles. The van der Waals surface area contributed by atoms with Crippen LogP contribution >= 0.6 is 0 Å². The Bertz CT molecular complexity index is 357. The van der Waals surface area contributed by atoms with Crippen molar-refractivity contribution in [1.29, 1.82) is 0 Å². The van der Waals surface area contributed by atoms with E-state index in [4.69, 9.17) is 9.84 Å². The molecule has 0 bridgehead atoms. The molecule has 0 aliphatic carbocycles. The lowest BCUT2D eigenvalue weighted by atomic mass is 10.1. The number of nitrogens with one attached hydrogen (secondary N) is 1. The Hall–Kier alpha value is -1.17. The van der Waals surface area contributed by atoms with Crippen LogP contribution in [0.15, 0.2) is 18.3 Å². The van der Waals surface area contributed by atoms with Crippen LogP contribution in [0.3, 0.4) is 0 Å². The van der Waals surface area contributed by atoms with Crippen molar-refractivity contribution in [2.75, 3.05) is 44.9 Å². The molecule has 2 N–H and O–H groups in total. The van der Waals surface area contributed by atoms with Gasteiger partial charge in [-0.3, -0.25) is 4.98 Å². The smallest absolute Gasteiger partial charge is 0.0637 e. The molecular weight excluding hydrogens is 254 g/mol. The lowest BCUT2D eigenvalue weighted by Gasteiger charge is -2.24. The van der Waals surface area contributed by atoms with Crippen molar-refractivity contribution in [3.63, 3.8) is 0 Å². The number of hydrogen-bond donors (Lipinski definition) is 2. The fourth-order valence-electron chi connectivity index (χ4n) is 2.19. The van der Waals surface area contributed by atoms with Gasteiger partial charge in [0.05, 0.1) is 30.8 Å². The van der Waals surface area contributed by atoms with Gasteiger partial charge in [-0.15, -0.1) is 0 Å². The summed E-state index contributed by atoms with van der Waals surface area (Å²) >= 11 is 0. The van der Waals surface area contributed by atoms with E-state index in [9.17, 15) is 0 Å². The predicted octanol–water partition coefficient (Wildman–Crippen LogP) is 1.59. The highest BCUT2D eigenvalue weighted by molar-refractivity contribution is 5.44. The zero-order chi connectivity index (χ0) is 14.8. The van der Waals surface area contributed by atoms with Crippen LogP contribution in [0.1, 0.15) is 32.0 Å². The summed E-state index contributed by atoms with van der Waals surface area (Å²) in [5.74, 6) is 0. The van der Waals surface area contributed by atoms with Gasteiger partial charge in [-0.1, -0.05) is 13.8 Å². The summed E-state index contributed by atoms with van der Waals surface area (Å²) in [7, 11) is 1.68. The zero-order valence-corrected chi connectivity index (χ0v) is 12.8. The van der Waals surface area contributed by atoms with E-state index in [1.54, 1.807) is 7.11 Å². The highest BCUT2D eigenvalue weighted by Crippen LogP contribution is 2.18. The molecule has 0 fully saturated rings. The zero-order valence-electron chi connectivity index (χ0n) is 12.8. The van der Waals surface area contributed by atoms with Crippen molar-refractivity contribution in [1.82, 2.24) is 10.3 Å². The summed E-state index contributed by atoms with van der Waals surface area (Å²) in [6, 6.07) is 4.43. The van der Waals surface area contributed by atoms with Crippen molar-refractivity contribution in [2.24, 2.45) is 0 Å². The van der Waals surface area contributed by atoms with Gasteiger partial charge in [-0.05, 0) is 25.1 Å². The molecule has 0 aliphatic heterocycles. The van der Waals surface area contributed by atoms with Crippen LogP contribution in [0.5, 0.6) is 0 Å². The van der Waals surface area contributed by atoms with Gasteiger partial charge in [0, 0.05) is 26.2 Å². The van der Waals surface area contributed by atoms with Crippen molar-refractivity contribution in [2.45, 2.75) is 26.3 Å². The first kappa shape index (κ1) is 16.9. The number of hydrogen-bond acceptors (Lipinski definition) is 5. The second-order valence-electron chi connectivity index (χ2n) is 4.66. The second-order valence-corrected chi connectivity index (χ2v) is 4.66. The number of ether oxygens (including phenoxy) is 1. The van der Waals surface area contributed by atoms with Crippen molar-refractivity contribution in [3.05, 3.63) is 24.0 Å². The van der Waals surface area contributed by atoms with E-state index in [0.29, 0.717) is 19.2 Å². The van der Waals surface area contributed by atoms with E-state index in [0.717, 1.165) is 30.9 Å². The summed E-state index contributed by atoms with van der Waals surface area (Å²) < 4.78 is 5.10. The SMILES string of the molecule is CCNC(CC)c1ccc(N(CCO)CCOC)cn1. The Balaban J connectivity index is 2.75. The molecular formula is C15H27N3O2. The molecule has 0 spiro atoms. The van der Waals surface area contributed by atoms with Crippen LogP contribution in [-0.2, 0) is 4.74 Å². The van der Waals surface area contributed by atoms with Crippen LogP contribution in [0.2, 0.25) is 0 Å². The van der Waals surface area contributed by atoms with Crippen LogP contribution in [-0.4, -0.2) is 50.0 Å². The largest absolute Gasteiger partial charge is 0.395 e. The number of anilines is 1. The van der Waals surface area contributed by atoms with E-state index in [1.165, 1.54) is 0 Å². The third-order valence-corrected chi connectivity index (χ3v) is 3.29. The molecule has 1 heterocycles. The third-order valence-electron chi connectivity index (χ3n) is 3.29. The number of aliphatic hydroxyl groups excluding tert-OH is 1. The van der Waals surface area contributed by atoms with Gasteiger partial charge < -0.3 is 20.1 Å². The molecule has 0 saturated heterocycles. The maximum absolute atomic E-state index is 9.14. The first-order valence-corrected chi connectivity index (χ1v) is 7.30. The maximum atomic E-state index is 9.14. The van der Waals surface area contributed by atoms with Gasteiger partial charge in [-0.2, -0.15) is 0 Å². The van der Waals surface area contributed by atoms with E-state index in [-0.39, 0.29) is 6.61 Å². The molecule has 0 aliphatic rings. The average Bonchev–Trinajstić information content (AvgIpc) is 2.49. The molecule has 0 radical (unpaired) electrons. The fourth-order valence-corrected chi connectivity index (χ4v) is 2.19. The number of aliphatic hydroxyl groups is 1. The third kappa shape index (κ3) is 5.07. The summed E-state index contributed by atoms with van der Waals surface area (Å²) in [5, 5.41) is 12.6. The second kappa shape index (κ2) is 9.69. The molecule has 0 amide bonds. The Morgan fingerprint density at radius 3 is 2.65 bits per heavy atom. The molecule has 5 heteroatoms. The van der Waals surface area contributed by atoms with Gasteiger partial charge in [0.25, 0.3) is 0 Å². The molecule has 1 rings (SSSR count). The topological polar surface area (TPSA) is 57.6 Å². The molecule has 1 aromatic rings. The molecule has 1 unspecified atom stereocenters. The maximum Gasteiger partial charge on any atom is 0.0637 e. The highest BCUT2D eigenvalue weighted by atomic mass is 16.5. The number of nitrogens with zero attached hydrogens (tertiary/aromatic N) is 2. The summed E-state index contributed by atoms with van der Waals surface area (Å²) in [4.78, 5) is 6.63. The van der Waals surface area contributed by atoms with Crippen LogP contribution in [0.4, 0.5) is 5.69 Å². The normalized spacial score (nSPS) is 12.4. The molecule has 0 saturated carbocycles. The van der Waals surface area contributed by atoms with Crippen LogP contribution in [0.25, 0.3) is 0 Å². The number of aromatic nitrogens is 1. The van der Waals surface area contributed by atoms with E-state index >= 15 is 0 Å². The fraction of sp³-hybridized carbons (Fsp3) is 0.667. The van der Waals surface area contributed by atoms with Crippen molar-refractivity contribution >= 4 is 5.69 Å². The lowest BCUT2D eigenvalue weighted by molar-refractivity contribution is 0.203. The van der Waals surface area contributed by atoms with Crippen LogP contribution < -0.4 is 10.2 Å². The Labute approximate surface area is 122 Å². The molecule has 1 atom stereocenters. The molecule has 0 aromatic carbocycles. The minimum absolute atomic E-state index is 0.125. The standard InChI is InChI=1S/C15H27N3O2/c1-4-14(16-5-2)15-7-6-13(12-17-15)18(8-10-19)9-11-20-3/h6-7,12,14,16,19H,4-5,8-11H2,1-3H3. The first-order chi connectivity index (χ1) is 9.76. The quantitative estimate of drug-likeness (QED) is 0.682. The molecule has 5 nitrogen and oxygen atoms in total. The van der Waals surface area contributed by atoms with Gasteiger partial charge in [-0.25, -0.2) is 0 Å². The van der Waals surface area contributed by atoms with Crippen LogP contribution in [0, 0.1) is 0 Å². The molecule has 20 heavy (non-hydrogen) atoms. The predicted molar refractivity (Wildman–Crippen MR) is 82.1 cm³/mol. The Morgan fingerprint density at radius 1 is 1.35 bits per heavy atom. The minimum Gasteiger partial charge on any atom is -0.395 e. The van der Waals surface area contributed by atoms with Gasteiger partial charge >= 0.3 is 0 Å². The minimum atomic E-state index is 0.125. The van der Waals surface area contributed by atoms with Crippen molar-refractivity contribution < 1.29 is 9.84 Å². The number of rotatable bonds is 10. The van der Waals surface area contributed by atoms with Gasteiger partial charge in [0.1, 0.15) is 0 Å².